The molecule has 0 saturated carbocycles. The molecule has 5 heteroatoms. The van der Waals surface area contributed by atoms with Crippen LogP contribution < -0.4 is 0 Å². The smallest absolute Gasteiger partial charge is 0.224 e. The fraction of sp³-hybridized carbons (Fsp3) is 0.688. The first kappa shape index (κ1) is 15.0. The van der Waals surface area contributed by atoms with Crippen LogP contribution in [0, 0.1) is 5.92 Å². The van der Waals surface area contributed by atoms with Gasteiger partial charge in [-0.15, -0.1) is 11.3 Å². The molecule has 1 fully saturated rings. The topological polar surface area (TPSA) is 43.8 Å². The molecule has 0 radical (unpaired) electrons. The van der Waals surface area contributed by atoms with E-state index in [0.717, 1.165) is 39.0 Å². The molecule has 2 aliphatic rings. The van der Waals surface area contributed by atoms with E-state index in [4.69, 9.17) is 0 Å². The average Bonchev–Trinajstić information content (AvgIpc) is 2.95. The van der Waals surface area contributed by atoms with Gasteiger partial charge in [-0.05, 0) is 42.3 Å². The number of β-amino-alcohol motifs (C(OH)–C–C–N with tert-alkyl or cyclic N) is 1. The van der Waals surface area contributed by atoms with Crippen molar-refractivity contribution >= 4 is 17.2 Å². The summed E-state index contributed by atoms with van der Waals surface area (Å²) in [4.78, 5) is 18.0. The number of carbonyl (C=O) groups is 1. The molecule has 116 valence electrons. The van der Waals surface area contributed by atoms with Crippen LogP contribution in [0.15, 0.2) is 11.4 Å². The summed E-state index contributed by atoms with van der Waals surface area (Å²) < 4.78 is 0. The minimum Gasteiger partial charge on any atom is -0.392 e. The van der Waals surface area contributed by atoms with Gasteiger partial charge in [0, 0.05) is 37.5 Å². The Bertz CT molecular complexity index is 502. The number of amides is 1. The van der Waals surface area contributed by atoms with Crippen LogP contribution in [0.3, 0.4) is 0 Å². The van der Waals surface area contributed by atoms with Gasteiger partial charge in [0.1, 0.15) is 0 Å². The Hall–Kier alpha value is -0.910. The number of hydrogen-bond acceptors (Lipinski definition) is 4. The summed E-state index contributed by atoms with van der Waals surface area (Å²) in [5.41, 5.74) is 1.32. The molecule has 0 aliphatic carbocycles. The number of piperidine rings is 1. The van der Waals surface area contributed by atoms with Crippen molar-refractivity contribution in [3.63, 3.8) is 0 Å². The largest absolute Gasteiger partial charge is 0.392 e. The molecule has 2 aliphatic heterocycles. The molecule has 1 aromatic rings. The lowest BCUT2D eigenvalue weighted by atomic mass is 9.96. The maximum Gasteiger partial charge on any atom is 0.224 e. The van der Waals surface area contributed by atoms with Crippen molar-refractivity contribution in [1.82, 2.24) is 9.80 Å². The lowest BCUT2D eigenvalue weighted by molar-refractivity contribution is -0.132. The summed E-state index contributed by atoms with van der Waals surface area (Å²) in [5, 5.41) is 12.0. The van der Waals surface area contributed by atoms with Crippen molar-refractivity contribution in [2.75, 3.05) is 26.2 Å². The van der Waals surface area contributed by atoms with Gasteiger partial charge < -0.3 is 14.9 Å². The average molecular weight is 308 g/mol. The molecular weight excluding hydrogens is 284 g/mol. The van der Waals surface area contributed by atoms with Crippen LogP contribution in [0.25, 0.3) is 0 Å². The first-order valence-electron chi connectivity index (χ1n) is 7.87. The second kappa shape index (κ2) is 6.46. The molecule has 21 heavy (non-hydrogen) atoms. The molecule has 2 atom stereocenters. The molecule has 0 aromatic carbocycles. The second-order valence-corrected chi connectivity index (χ2v) is 7.32. The third-order valence-corrected chi connectivity index (χ3v) is 5.83. The predicted octanol–water partition coefficient (Wildman–Crippen LogP) is 1.73. The van der Waals surface area contributed by atoms with Gasteiger partial charge in [-0.2, -0.15) is 0 Å². The summed E-state index contributed by atoms with van der Waals surface area (Å²) in [6.45, 7) is 6.21. The van der Waals surface area contributed by atoms with Crippen molar-refractivity contribution < 1.29 is 9.90 Å². The number of rotatable bonds is 3. The van der Waals surface area contributed by atoms with Crippen LogP contribution in [0.4, 0.5) is 0 Å². The van der Waals surface area contributed by atoms with Gasteiger partial charge in [0.05, 0.1) is 6.10 Å². The predicted molar refractivity (Wildman–Crippen MR) is 84.3 cm³/mol. The van der Waals surface area contributed by atoms with E-state index in [1.54, 1.807) is 11.3 Å². The van der Waals surface area contributed by atoms with Crippen LogP contribution >= 0.6 is 11.3 Å². The van der Waals surface area contributed by atoms with Gasteiger partial charge in [0.15, 0.2) is 0 Å². The van der Waals surface area contributed by atoms with Gasteiger partial charge in [-0.1, -0.05) is 6.92 Å². The standard InChI is InChI=1S/C16H24N2O2S/c1-12-2-6-17(11-14(12)19)7-4-16(20)18-8-3-15-13(10-18)5-9-21-15/h5,9,12,14,19H,2-4,6-8,10-11H2,1H3. The van der Waals surface area contributed by atoms with Crippen LogP contribution in [-0.4, -0.2) is 53.1 Å². The van der Waals surface area contributed by atoms with Crippen LogP contribution in [0.5, 0.6) is 0 Å². The zero-order chi connectivity index (χ0) is 14.8. The van der Waals surface area contributed by atoms with E-state index in [-0.39, 0.29) is 12.0 Å². The molecule has 1 saturated heterocycles. The zero-order valence-electron chi connectivity index (χ0n) is 12.6. The lowest BCUT2D eigenvalue weighted by Gasteiger charge is -2.34. The Morgan fingerprint density at radius 1 is 1.48 bits per heavy atom. The summed E-state index contributed by atoms with van der Waals surface area (Å²) in [6.07, 6.45) is 2.36. The normalized spacial score (nSPS) is 26.7. The fourth-order valence-corrected chi connectivity index (χ4v) is 4.08. The van der Waals surface area contributed by atoms with E-state index >= 15 is 0 Å². The highest BCUT2D eigenvalue weighted by Gasteiger charge is 2.26. The number of likely N-dealkylation sites (tertiary alicyclic amines) is 1. The van der Waals surface area contributed by atoms with E-state index < -0.39 is 0 Å². The van der Waals surface area contributed by atoms with Gasteiger partial charge in [0.2, 0.25) is 5.91 Å². The summed E-state index contributed by atoms with van der Waals surface area (Å²) in [7, 11) is 0. The molecule has 0 spiro atoms. The van der Waals surface area contributed by atoms with Gasteiger partial charge in [-0.3, -0.25) is 4.79 Å². The molecule has 2 unspecified atom stereocenters. The summed E-state index contributed by atoms with van der Waals surface area (Å²) in [6, 6.07) is 2.14. The van der Waals surface area contributed by atoms with Gasteiger partial charge in [0.25, 0.3) is 0 Å². The molecule has 3 heterocycles. The Balaban J connectivity index is 1.47. The highest BCUT2D eigenvalue weighted by atomic mass is 32.1. The van der Waals surface area contributed by atoms with Crippen LogP contribution in [0.2, 0.25) is 0 Å². The first-order chi connectivity index (χ1) is 10.1. The Labute approximate surface area is 130 Å². The number of thiophene rings is 1. The number of aliphatic hydroxyl groups excluding tert-OH is 1. The highest BCUT2D eigenvalue weighted by Crippen LogP contribution is 2.24. The maximum atomic E-state index is 12.4. The molecule has 1 aromatic heterocycles. The molecular formula is C16H24N2O2S. The number of hydrogen-bond donors (Lipinski definition) is 1. The zero-order valence-corrected chi connectivity index (χ0v) is 13.4. The molecule has 0 bridgehead atoms. The third-order valence-electron chi connectivity index (χ3n) is 4.81. The van der Waals surface area contributed by atoms with Crippen molar-refractivity contribution in [3.8, 4) is 0 Å². The minimum atomic E-state index is -0.239. The molecule has 1 N–H and O–H groups in total. The fourth-order valence-electron chi connectivity index (χ4n) is 3.19. The van der Waals surface area contributed by atoms with Crippen LogP contribution in [-0.2, 0) is 17.8 Å². The van der Waals surface area contributed by atoms with E-state index in [0.29, 0.717) is 18.9 Å². The van der Waals surface area contributed by atoms with E-state index in [1.165, 1.54) is 10.4 Å². The highest BCUT2D eigenvalue weighted by molar-refractivity contribution is 7.10. The first-order valence-corrected chi connectivity index (χ1v) is 8.75. The van der Waals surface area contributed by atoms with E-state index in [9.17, 15) is 9.90 Å². The lowest BCUT2D eigenvalue weighted by Crippen LogP contribution is -2.44. The number of carbonyl (C=O) groups excluding carboxylic acids is 1. The van der Waals surface area contributed by atoms with Crippen molar-refractivity contribution in [1.29, 1.82) is 0 Å². The van der Waals surface area contributed by atoms with E-state index in [2.05, 4.69) is 23.3 Å². The number of fused-ring (bicyclic) bond motifs is 1. The Morgan fingerprint density at radius 3 is 3.14 bits per heavy atom. The number of aliphatic hydroxyl groups is 1. The molecule has 1 amide bonds. The Morgan fingerprint density at radius 2 is 2.33 bits per heavy atom. The van der Waals surface area contributed by atoms with Crippen LogP contribution in [0.1, 0.15) is 30.2 Å². The Kier molecular flexibility index (Phi) is 4.62. The molecule has 4 nitrogen and oxygen atoms in total. The quantitative estimate of drug-likeness (QED) is 0.925. The second-order valence-electron chi connectivity index (χ2n) is 6.32. The summed E-state index contributed by atoms with van der Waals surface area (Å²) in [5.74, 6) is 0.635. The van der Waals surface area contributed by atoms with Crippen molar-refractivity contribution in [2.24, 2.45) is 5.92 Å². The van der Waals surface area contributed by atoms with E-state index in [1.807, 2.05) is 4.90 Å². The minimum absolute atomic E-state index is 0.239. The van der Waals surface area contributed by atoms with Gasteiger partial charge in [-0.25, -0.2) is 0 Å². The number of nitrogens with zero attached hydrogens (tertiary/aromatic N) is 2. The van der Waals surface area contributed by atoms with Crippen molar-refractivity contribution in [2.45, 2.75) is 38.8 Å². The monoisotopic (exact) mass is 308 g/mol. The van der Waals surface area contributed by atoms with Gasteiger partial charge >= 0.3 is 0 Å². The SMILES string of the molecule is CC1CCN(CCC(=O)N2CCc3sccc3C2)CC1O. The third kappa shape index (κ3) is 3.47. The molecule has 3 rings (SSSR count). The summed E-state index contributed by atoms with van der Waals surface area (Å²) >= 11 is 1.80. The van der Waals surface area contributed by atoms with Crippen molar-refractivity contribution in [3.05, 3.63) is 21.9 Å². The maximum absolute atomic E-state index is 12.4.